The number of likely N-dealkylation sites (tertiary alicyclic amines) is 1. The first kappa shape index (κ1) is 28.5. The maximum Gasteiger partial charge on any atom is 0.165 e. The standard InChI is InChI=1S/C35H34FN3O4/c1-24-28(6-5-7-30(24)27-8-9-32-35(16-27)41-13-12-40-32)23-43-34-17-33(42-22-26-14-25(18-37)19-38-20-26)29(15-31(34)36)21-39-10-3-2-4-11-39/h5-9,14-17,19-20H,2-4,10-13,21-23H2,1H3. The van der Waals surface area contributed by atoms with Crippen LogP contribution in [0.5, 0.6) is 23.0 Å². The molecule has 0 bridgehead atoms. The molecule has 3 aromatic carbocycles. The van der Waals surface area contributed by atoms with Crippen molar-refractivity contribution in [3.8, 4) is 40.2 Å². The molecule has 2 aliphatic rings. The van der Waals surface area contributed by atoms with Crippen LogP contribution in [0.15, 0.2) is 67.0 Å². The molecule has 1 aromatic heterocycles. The summed E-state index contributed by atoms with van der Waals surface area (Å²) in [6.07, 6.45) is 6.68. The normalized spacial score (nSPS) is 14.6. The second-order valence-electron chi connectivity index (χ2n) is 10.9. The van der Waals surface area contributed by atoms with E-state index in [1.165, 1.54) is 18.7 Å². The number of aromatic nitrogens is 1. The summed E-state index contributed by atoms with van der Waals surface area (Å²) in [6.45, 7) is 6.07. The largest absolute Gasteiger partial charge is 0.488 e. The number of ether oxygens (including phenoxy) is 4. The molecule has 8 heteroatoms. The van der Waals surface area contributed by atoms with Crippen LogP contribution in [0.4, 0.5) is 4.39 Å². The molecule has 0 N–H and O–H groups in total. The number of hydrogen-bond acceptors (Lipinski definition) is 7. The zero-order valence-electron chi connectivity index (χ0n) is 24.3. The van der Waals surface area contributed by atoms with Crippen LogP contribution < -0.4 is 18.9 Å². The molecule has 1 fully saturated rings. The quantitative estimate of drug-likeness (QED) is 0.212. The van der Waals surface area contributed by atoms with Crippen molar-refractivity contribution in [1.29, 1.82) is 5.26 Å². The highest BCUT2D eigenvalue weighted by atomic mass is 19.1. The van der Waals surface area contributed by atoms with E-state index in [-0.39, 0.29) is 19.0 Å². The monoisotopic (exact) mass is 579 g/mol. The van der Waals surface area contributed by atoms with Gasteiger partial charge < -0.3 is 18.9 Å². The second kappa shape index (κ2) is 13.1. The first-order valence-corrected chi connectivity index (χ1v) is 14.7. The van der Waals surface area contributed by atoms with Crippen LogP contribution in [0.1, 0.15) is 47.1 Å². The van der Waals surface area contributed by atoms with E-state index in [9.17, 15) is 5.26 Å². The smallest absolute Gasteiger partial charge is 0.165 e. The van der Waals surface area contributed by atoms with E-state index in [4.69, 9.17) is 18.9 Å². The molecule has 220 valence electrons. The lowest BCUT2D eigenvalue weighted by molar-refractivity contribution is 0.171. The summed E-state index contributed by atoms with van der Waals surface area (Å²) < 4.78 is 39.2. The SMILES string of the molecule is Cc1c(COc2cc(OCc3cncc(C#N)c3)c(CN3CCCCC3)cc2F)cccc1-c1ccc2c(c1)OCCO2. The summed E-state index contributed by atoms with van der Waals surface area (Å²) in [4.78, 5) is 6.46. The van der Waals surface area contributed by atoms with Gasteiger partial charge in [-0.15, -0.1) is 0 Å². The Bertz CT molecular complexity index is 1650. The van der Waals surface area contributed by atoms with Gasteiger partial charge in [-0.25, -0.2) is 4.39 Å². The highest BCUT2D eigenvalue weighted by molar-refractivity contribution is 5.71. The Hall–Kier alpha value is -4.61. The number of nitrogens with zero attached hydrogens (tertiary/aromatic N) is 3. The molecule has 6 rings (SSSR count). The van der Waals surface area contributed by atoms with Crippen molar-refractivity contribution in [2.75, 3.05) is 26.3 Å². The summed E-state index contributed by atoms with van der Waals surface area (Å²) in [5.74, 6) is 1.75. The number of nitriles is 1. The molecule has 7 nitrogen and oxygen atoms in total. The van der Waals surface area contributed by atoms with Crippen LogP contribution in [0.25, 0.3) is 11.1 Å². The van der Waals surface area contributed by atoms with Gasteiger partial charge in [-0.1, -0.05) is 30.7 Å². The second-order valence-corrected chi connectivity index (χ2v) is 10.9. The number of pyridine rings is 1. The van der Waals surface area contributed by atoms with Gasteiger partial charge in [-0.05, 0) is 79.4 Å². The van der Waals surface area contributed by atoms with Gasteiger partial charge >= 0.3 is 0 Å². The molecular formula is C35H34FN3O4. The van der Waals surface area contributed by atoms with Crippen LogP contribution in [-0.4, -0.2) is 36.2 Å². The van der Waals surface area contributed by atoms with E-state index >= 15 is 4.39 Å². The van der Waals surface area contributed by atoms with Gasteiger partial charge in [0.05, 0.1) is 5.56 Å². The predicted molar refractivity (Wildman–Crippen MR) is 161 cm³/mol. The van der Waals surface area contributed by atoms with Crippen molar-refractivity contribution in [2.45, 2.75) is 45.9 Å². The third kappa shape index (κ3) is 6.73. The summed E-state index contributed by atoms with van der Waals surface area (Å²) in [5, 5.41) is 9.24. The highest BCUT2D eigenvalue weighted by Crippen LogP contribution is 2.37. The van der Waals surface area contributed by atoms with Crippen molar-refractivity contribution in [2.24, 2.45) is 0 Å². The molecule has 0 saturated carbocycles. The molecule has 0 unspecified atom stereocenters. The molecule has 0 spiro atoms. The van der Waals surface area contributed by atoms with Gasteiger partial charge in [0, 0.05) is 36.1 Å². The molecule has 0 aliphatic carbocycles. The van der Waals surface area contributed by atoms with Gasteiger partial charge in [0.15, 0.2) is 23.1 Å². The van der Waals surface area contributed by atoms with Crippen molar-refractivity contribution < 1.29 is 23.3 Å². The Balaban J connectivity index is 1.23. The molecule has 2 aliphatic heterocycles. The first-order valence-electron chi connectivity index (χ1n) is 14.7. The minimum absolute atomic E-state index is 0.130. The fourth-order valence-corrected chi connectivity index (χ4v) is 5.61. The van der Waals surface area contributed by atoms with Crippen LogP contribution in [0.3, 0.4) is 0 Å². The Morgan fingerprint density at radius 1 is 0.884 bits per heavy atom. The molecule has 0 atom stereocenters. The fourth-order valence-electron chi connectivity index (χ4n) is 5.61. The number of piperidine rings is 1. The van der Waals surface area contributed by atoms with E-state index in [0.717, 1.165) is 70.8 Å². The number of hydrogen-bond donors (Lipinski definition) is 0. The van der Waals surface area contributed by atoms with Crippen molar-refractivity contribution >= 4 is 0 Å². The minimum Gasteiger partial charge on any atom is -0.488 e. The van der Waals surface area contributed by atoms with E-state index < -0.39 is 5.82 Å². The lowest BCUT2D eigenvalue weighted by Gasteiger charge is -2.27. The van der Waals surface area contributed by atoms with Gasteiger partial charge in [0.1, 0.15) is 38.2 Å². The topological polar surface area (TPSA) is 76.8 Å². The van der Waals surface area contributed by atoms with Crippen LogP contribution >= 0.6 is 0 Å². The van der Waals surface area contributed by atoms with Crippen LogP contribution in [0, 0.1) is 24.1 Å². The maximum atomic E-state index is 15.5. The average Bonchev–Trinajstić information content (AvgIpc) is 3.05. The van der Waals surface area contributed by atoms with E-state index in [1.807, 2.05) is 37.3 Å². The molecule has 1 saturated heterocycles. The summed E-state index contributed by atoms with van der Waals surface area (Å²) in [7, 11) is 0. The van der Waals surface area contributed by atoms with Gasteiger partial charge in [-0.3, -0.25) is 9.88 Å². The number of fused-ring (bicyclic) bond motifs is 1. The van der Waals surface area contributed by atoms with Gasteiger partial charge in [0.25, 0.3) is 0 Å². The van der Waals surface area contributed by atoms with E-state index in [2.05, 4.69) is 22.0 Å². The molecule has 0 radical (unpaired) electrons. The van der Waals surface area contributed by atoms with Crippen LogP contribution in [0.2, 0.25) is 0 Å². The zero-order valence-corrected chi connectivity index (χ0v) is 24.3. The average molecular weight is 580 g/mol. The van der Waals surface area contributed by atoms with Crippen molar-refractivity contribution in [3.63, 3.8) is 0 Å². The third-order valence-corrected chi connectivity index (χ3v) is 7.96. The summed E-state index contributed by atoms with van der Waals surface area (Å²) in [6, 6.07) is 19.0. The van der Waals surface area contributed by atoms with E-state index in [0.29, 0.717) is 31.1 Å². The molecule has 0 amide bonds. The molecule has 4 aromatic rings. The number of rotatable bonds is 9. The first-order chi connectivity index (χ1) is 21.1. The number of benzene rings is 3. The summed E-state index contributed by atoms with van der Waals surface area (Å²) in [5.41, 5.74) is 6.06. The van der Waals surface area contributed by atoms with Crippen LogP contribution in [-0.2, 0) is 19.8 Å². The summed E-state index contributed by atoms with van der Waals surface area (Å²) >= 11 is 0. The third-order valence-electron chi connectivity index (χ3n) is 7.96. The molecular weight excluding hydrogens is 545 g/mol. The lowest BCUT2D eigenvalue weighted by atomic mass is 9.96. The van der Waals surface area contributed by atoms with Crippen molar-refractivity contribution in [3.05, 3.63) is 101 Å². The van der Waals surface area contributed by atoms with Crippen molar-refractivity contribution in [1.82, 2.24) is 9.88 Å². The fraction of sp³-hybridized carbons (Fsp3) is 0.314. The molecule has 3 heterocycles. The highest BCUT2D eigenvalue weighted by Gasteiger charge is 2.19. The van der Waals surface area contributed by atoms with E-state index in [1.54, 1.807) is 18.3 Å². The van der Waals surface area contributed by atoms with Gasteiger partial charge in [0.2, 0.25) is 0 Å². The Labute approximate surface area is 251 Å². The Morgan fingerprint density at radius 3 is 2.53 bits per heavy atom. The minimum atomic E-state index is -0.423. The Morgan fingerprint density at radius 2 is 1.70 bits per heavy atom. The number of halogens is 1. The Kier molecular flexibility index (Phi) is 8.71. The van der Waals surface area contributed by atoms with Gasteiger partial charge in [-0.2, -0.15) is 5.26 Å². The lowest BCUT2D eigenvalue weighted by Crippen LogP contribution is -2.29. The maximum absolute atomic E-state index is 15.5. The predicted octanol–water partition coefficient (Wildman–Crippen LogP) is 6.98. The zero-order chi connectivity index (χ0) is 29.6. The molecule has 43 heavy (non-hydrogen) atoms.